The van der Waals surface area contributed by atoms with Crippen LogP contribution < -0.4 is 0 Å². The van der Waals surface area contributed by atoms with Gasteiger partial charge in [0.05, 0.1) is 0 Å². The van der Waals surface area contributed by atoms with E-state index in [1.165, 1.54) is 19.3 Å². The van der Waals surface area contributed by atoms with Gasteiger partial charge in [-0.05, 0) is 25.2 Å². The highest BCUT2D eigenvalue weighted by atomic mass is 32.1. The van der Waals surface area contributed by atoms with E-state index in [1.54, 1.807) is 0 Å². The molecular weight excluding hydrogens is 140 g/mol. The first-order valence-electron chi connectivity index (χ1n) is 4.00. The summed E-state index contributed by atoms with van der Waals surface area (Å²) in [6, 6.07) is 0. The van der Waals surface area contributed by atoms with E-state index in [-0.39, 0.29) is 4.75 Å². The summed E-state index contributed by atoms with van der Waals surface area (Å²) >= 11 is 4.55. The maximum atomic E-state index is 4.55. The van der Waals surface area contributed by atoms with Crippen LogP contribution in [0.2, 0.25) is 0 Å². The fourth-order valence-electron chi connectivity index (χ4n) is 1.40. The molecule has 0 aliphatic heterocycles. The summed E-state index contributed by atoms with van der Waals surface area (Å²) in [4.78, 5) is 0. The summed E-state index contributed by atoms with van der Waals surface area (Å²) in [6.07, 6.45) is 8.52. The van der Waals surface area contributed by atoms with E-state index in [0.29, 0.717) is 5.92 Å². The molecule has 0 aromatic heterocycles. The Morgan fingerprint density at radius 1 is 1.50 bits per heavy atom. The van der Waals surface area contributed by atoms with Crippen LogP contribution >= 0.6 is 12.6 Å². The van der Waals surface area contributed by atoms with Gasteiger partial charge < -0.3 is 0 Å². The molecular formula is C9H16S. The molecule has 1 aliphatic rings. The molecule has 58 valence electrons. The molecule has 0 saturated carbocycles. The van der Waals surface area contributed by atoms with Crippen LogP contribution in [0.25, 0.3) is 0 Å². The first-order valence-corrected chi connectivity index (χ1v) is 4.44. The highest BCUT2D eigenvalue weighted by Gasteiger charge is 2.23. The smallest absolute Gasteiger partial charge is 0.0136 e. The molecule has 0 radical (unpaired) electrons. The van der Waals surface area contributed by atoms with Crippen molar-refractivity contribution in [2.75, 3.05) is 0 Å². The lowest BCUT2D eigenvalue weighted by Gasteiger charge is -2.29. The predicted octanol–water partition coefficient (Wildman–Crippen LogP) is 3.05. The number of thiol groups is 1. The first kappa shape index (κ1) is 8.19. The fourth-order valence-corrected chi connectivity index (χ4v) is 1.62. The summed E-state index contributed by atoms with van der Waals surface area (Å²) in [5, 5.41) is 0. The van der Waals surface area contributed by atoms with Gasteiger partial charge >= 0.3 is 0 Å². The Morgan fingerprint density at radius 2 is 2.20 bits per heavy atom. The molecule has 1 aliphatic carbocycles. The van der Waals surface area contributed by atoms with Crippen LogP contribution in [0.4, 0.5) is 0 Å². The predicted molar refractivity (Wildman–Crippen MR) is 49.5 cm³/mol. The third kappa shape index (κ3) is 2.05. The molecule has 0 fully saturated rings. The third-order valence-corrected chi connectivity index (χ3v) is 2.49. The van der Waals surface area contributed by atoms with E-state index in [9.17, 15) is 0 Å². The fraction of sp³-hybridized carbons (Fsp3) is 0.778. The second-order valence-corrected chi connectivity index (χ2v) is 4.77. The summed E-state index contributed by atoms with van der Waals surface area (Å²) in [7, 11) is 0. The molecule has 0 amide bonds. The van der Waals surface area contributed by atoms with Crippen molar-refractivity contribution < 1.29 is 0 Å². The first-order chi connectivity index (χ1) is 4.61. The Hall–Kier alpha value is 0.0900. The largest absolute Gasteiger partial charge is 0.172 e. The average molecular weight is 156 g/mol. The van der Waals surface area contributed by atoms with Gasteiger partial charge in [0.15, 0.2) is 0 Å². The zero-order valence-corrected chi connectivity index (χ0v) is 7.70. The van der Waals surface area contributed by atoms with Gasteiger partial charge in [0.2, 0.25) is 0 Å². The van der Waals surface area contributed by atoms with Gasteiger partial charge in [-0.1, -0.05) is 26.0 Å². The van der Waals surface area contributed by atoms with Gasteiger partial charge in [0.25, 0.3) is 0 Å². The molecule has 1 heteroatoms. The zero-order valence-electron chi connectivity index (χ0n) is 6.80. The molecule has 0 aromatic carbocycles. The second-order valence-electron chi connectivity index (χ2n) is 3.62. The summed E-state index contributed by atoms with van der Waals surface area (Å²) in [5.74, 6) is 0.685. The highest BCUT2D eigenvalue weighted by Crippen LogP contribution is 2.31. The van der Waals surface area contributed by atoms with Crippen molar-refractivity contribution in [2.45, 2.75) is 37.9 Å². The third-order valence-electron chi connectivity index (χ3n) is 2.16. The van der Waals surface area contributed by atoms with Crippen molar-refractivity contribution in [1.29, 1.82) is 0 Å². The van der Waals surface area contributed by atoms with Crippen LogP contribution in [0.5, 0.6) is 0 Å². The molecule has 1 rings (SSSR count). The molecule has 0 nitrogen and oxygen atoms in total. The molecule has 0 N–H and O–H groups in total. The Balaban J connectivity index is 2.55. The van der Waals surface area contributed by atoms with Crippen LogP contribution in [0, 0.1) is 5.92 Å². The van der Waals surface area contributed by atoms with Crippen LogP contribution in [0.15, 0.2) is 12.2 Å². The van der Waals surface area contributed by atoms with Crippen molar-refractivity contribution in [3.05, 3.63) is 12.2 Å². The van der Waals surface area contributed by atoms with E-state index < -0.39 is 0 Å². The lowest BCUT2D eigenvalue weighted by molar-refractivity contribution is 0.451. The number of rotatable bonds is 1. The molecule has 0 bridgehead atoms. The van der Waals surface area contributed by atoms with Crippen molar-refractivity contribution in [1.82, 2.24) is 0 Å². The minimum Gasteiger partial charge on any atom is -0.172 e. The highest BCUT2D eigenvalue weighted by molar-refractivity contribution is 7.81. The monoisotopic (exact) mass is 156 g/mol. The van der Waals surface area contributed by atoms with Crippen molar-refractivity contribution in [3.63, 3.8) is 0 Å². The SMILES string of the molecule is CC(C)(S)C1C=CCCC1. The molecule has 1 atom stereocenters. The second kappa shape index (κ2) is 3.00. The van der Waals surface area contributed by atoms with Gasteiger partial charge in [0.1, 0.15) is 0 Å². The van der Waals surface area contributed by atoms with Gasteiger partial charge in [0, 0.05) is 4.75 Å². The molecule has 10 heavy (non-hydrogen) atoms. The molecule has 0 spiro atoms. The van der Waals surface area contributed by atoms with Gasteiger partial charge in [-0.15, -0.1) is 0 Å². The standard InChI is InChI=1S/C9H16S/c1-9(2,10)8-6-4-3-5-7-8/h4,6,8,10H,3,5,7H2,1-2H3. The maximum absolute atomic E-state index is 4.55. The Morgan fingerprint density at radius 3 is 2.50 bits per heavy atom. The van der Waals surface area contributed by atoms with Gasteiger partial charge in [-0.2, -0.15) is 12.6 Å². The quantitative estimate of drug-likeness (QED) is 0.438. The van der Waals surface area contributed by atoms with E-state index in [0.717, 1.165) is 0 Å². The Kier molecular flexibility index (Phi) is 2.45. The average Bonchev–Trinajstić information content (AvgIpc) is 1.88. The molecule has 1 unspecified atom stereocenters. The number of hydrogen-bond donors (Lipinski definition) is 1. The lowest BCUT2D eigenvalue weighted by Crippen LogP contribution is -2.24. The molecule has 0 heterocycles. The van der Waals surface area contributed by atoms with E-state index in [2.05, 4.69) is 38.6 Å². The van der Waals surface area contributed by atoms with Crippen LogP contribution in [-0.2, 0) is 0 Å². The number of allylic oxidation sites excluding steroid dienone is 2. The minimum atomic E-state index is 0.178. The van der Waals surface area contributed by atoms with E-state index in [1.807, 2.05) is 0 Å². The zero-order chi connectivity index (χ0) is 7.61. The van der Waals surface area contributed by atoms with E-state index in [4.69, 9.17) is 0 Å². The van der Waals surface area contributed by atoms with Crippen LogP contribution in [0.3, 0.4) is 0 Å². The lowest BCUT2D eigenvalue weighted by atomic mass is 9.86. The topological polar surface area (TPSA) is 0 Å². The summed E-state index contributed by atoms with van der Waals surface area (Å²) < 4.78 is 0.178. The van der Waals surface area contributed by atoms with Crippen LogP contribution in [-0.4, -0.2) is 4.75 Å². The molecule has 0 aromatic rings. The summed E-state index contributed by atoms with van der Waals surface area (Å²) in [5.41, 5.74) is 0. The van der Waals surface area contributed by atoms with Crippen molar-refractivity contribution in [3.8, 4) is 0 Å². The Labute approximate surface area is 69.1 Å². The van der Waals surface area contributed by atoms with Crippen molar-refractivity contribution >= 4 is 12.6 Å². The minimum absolute atomic E-state index is 0.178. The normalized spacial score (nSPS) is 26.9. The number of hydrogen-bond acceptors (Lipinski definition) is 1. The van der Waals surface area contributed by atoms with Crippen molar-refractivity contribution in [2.24, 2.45) is 5.92 Å². The molecule has 0 saturated heterocycles. The summed E-state index contributed by atoms with van der Waals surface area (Å²) in [6.45, 7) is 4.38. The van der Waals surface area contributed by atoms with E-state index >= 15 is 0 Å². The Bertz CT molecular complexity index is 130. The van der Waals surface area contributed by atoms with Gasteiger partial charge in [-0.3, -0.25) is 0 Å². The van der Waals surface area contributed by atoms with Gasteiger partial charge in [-0.25, -0.2) is 0 Å². The maximum Gasteiger partial charge on any atom is 0.0136 e. The van der Waals surface area contributed by atoms with Crippen LogP contribution in [0.1, 0.15) is 33.1 Å².